The Kier molecular flexibility index (Phi) is 4.87. The topological polar surface area (TPSA) is 66.9 Å². The molecule has 0 aromatic carbocycles. The van der Waals surface area contributed by atoms with Crippen molar-refractivity contribution in [3.8, 4) is 10.6 Å². The van der Waals surface area contributed by atoms with Gasteiger partial charge in [-0.1, -0.05) is 0 Å². The summed E-state index contributed by atoms with van der Waals surface area (Å²) in [6.45, 7) is 4.66. The van der Waals surface area contributed by atoms with Crippen LogP contribution in [-0.4, -0.2) is 22.4 Å². The molecule has 0 spiro atoms. The monoisotopic (exact) mass is 380 g/mol. The first kappa shape index (κ1) is 17.3. The Bertz CT molecular complexity index is 872. The molecule has 0 radical (unpaired) electrons. The van der Waals surface area contributed by atoms with Gasteiger partial charge < -0.3 is 10.6 Å². The molecular weight excluding hydrogens is 364 g/mol. The number of nitrogens with one attached hydrogen (secondary N) is 2. The second kappa shape index (κ2) is 6.76. The number of anilines is 1. The zero-order valence-electron chi connectivity index (χ0n) is 13.3. The zero-order chi connectivity index (χ0) is 16.0. The van der Waals surface area contributed by atoms with Crippen molar-refractivity contribution in [1.29, 1.82) is 0 Å². The van der Waals surface area contributed by atoms with Crippen molar-refractivity contribution >= 4 is 56.2 Å². The molecule has 126 valence electrons. The number of thiazole rings is 1. The maximum absolute atomic E-state index is 11.6. The van der Waals surface area contributed by atoms with E-state index in [4.69, 9.17) is 4.98 Å². The van der Waals surface area contributed by atoms with Crippen LogP contribution < -0.4 is 10.6 Å². The van der Waals surface area contributed by atoms with Gasteiger partial charge in [-0.3, -0.25) is 9.78 Å². The predicted molar refractivity (Wildman–Crippen MR) is 102 cm³/mol. The lowest BCUT2D eigenvalue weighted by Crippen LogP contribution is -2.26. The Hall–Kier alpha value is -1.54. The Morgan fingerprint density at radius 1 is 1.42 bits per heavy atom. The van der Waals surface area contributed by atoms with E-state index in [1.165, 1.54) is 10.4 Å². The first-order chi connectivity index (χ1) is 11.1. The van der Waals surface area contributed by atoms with Crippen LogP contribution in [0.2, 0.25) is 0 Å². The molecule has 0 fully saturated rings. The molecule has 0 aliphatic carbocycles. The summed E-state index contributed by atoms with van der Waals surface area (Å²) >= 11 is 3.31. The molecule has 0 saturated carbocycles. The molecule has 4 rings (SSSR count). The fourth-order valence-corrected chi connectivity index (χ4v) is 5.35. The van der Waals surface area contributed by atoms with E-state index in [1.54, 1.807) is 42.0 Å². The van der Waals surface area contributed by atoms with E-state index in [0.29, 0.717) is 6.04 Å². The molecule has 8 heteroatoms. The highest BCUT2D eigenvalue weighted by Crippen LogP contribution is 2.46. The second-order valence-electron chi connectivity index (χ2n) is 5.62. The zero-order valence-corrected chi connectivity index (χ0v) is 15.7. The molecular formula is C16H17ClN4OS2. The van der Waals surface area contributed by atoms with E-state index in [0.717, 1.165) is 38.8 Å². The number of halogens is 1. The summed E-state index contributed by atoms with van der Waals surface area (Å²) < 4.78 is 1.12. The number of rotatable bonds is 2. The van der Waals surface area contributed by atoms with Gasteiger partial charge in [0, 0.05) is 29.6 Å². The quantitative estimate of drug-likeness (QED) is 0.705. The van der Waals surface area contributed by atoms with Crippen molar-refractivity contribution in [2.75, 3.05) is 11.9 Å². The number of hydrogen-bond donors (Lipinski definition) is 2. The Morgan fingerprint density at radius 2 is 2.25 bits per heavy atom. The summed E-state index contributed by atoms with van der Waals surface area (Å²) in [7, 11) is 0. The lowest BCUT2D eigenvalue weighted by atomic mass is 10.0. The number of carbonyl (C=O) groups is 1. The van der Waals surface area contributed by atoms with Crippen molar-refractivity contribution in [3.05, 3.63) is 28.9 Å². The van der Waals surface area contributed by atoms with Gasteiger partial charge in [0.2, 0.25) is 5.91 Å². The third-order valence-corrected chi connectivity index (χ3v) is 6.33. The Balaban J connectivity index is 0.00000169. The van der Waals surface area contributed by atoms with Crippen molar-refractivity contribution in [2.24, 2.45) is 0 Å². The normalized spacial score (nSPS) is 16.5. The largest absolute Gasteiger partial charge is 0.317 e. The van der Waals surface area contributed by atoms with Crippen molar-refractivity contribution < 1.29 is 4.79 Å². The molecule has 3 aromatic rings. The van der Waals surface area contributed by atoms with Gasteiger partial charge in [-0.15, -0.1) is 35.1 Å². The smallest absolute Gasteiger partial charge is 0.221 e. The summed E-state index contributed by atoms with van der Waals surface area (Å²) in [5.41, 5.74) is 3.31. The summed E-state index contributed by atoms with van der Waals surface area (Å²) in [4.78, 5) is 21.8. The lowest BCUT2D eigenvalue weighted by Gasteiger charge is -2.20. The molecule has 0 saturated heterocycles. The number of fused-ring (bicyclic) bond motifs is 2. The molecule has 1 atom stereocenters. The third-order valence-electron chi connectivity index (χ3n) is 3.95. The van der Waals surface area contributed by atoms with Crippen LogP contribution >= 0.6 is 35.1 Å². The van der Waals surface area contributed by atoms with Crippen molar-refractivity contribution in [3.63, 3.8) is 0 Å². The highest BCUT2D eigenvalue weighted by Gasteiger charge is 2.27. The highest BCUT2D eigenvalue weighted by molar-refractivity contribution is 7.23. The van der Waals surface area contributed by atoms with Gasteiger partial charge in [0.25, 0.3) is 0 Å². The standard InChI is InChI=1S/C16H16N4OS2.ClH/c1-8-14-10(3-6-18-8)13(15(23-14)19-9(2)21)16-20-11-7-17-5-4-12(11)22-16;/h4-5,7-8,18H,3,6H2,1-2H3,(H,19,21);1H. The number of nitrogens with zero attached hydrogens (tertiary/aromatic N) is 2. The highest BCUT2D eigenvalue weighted by atomic mass is 35.5. The molecule has 0 bridgehead atoms. The van der Waals surface area contributed by atoms with E-state index in [2.05, 4.69) is 22.5 Å². The van der Waals surface area contributed by atoms with Crippen LogP contribution in [0.5, 0.6) is 0 Å². The van der Waals surface area contributed by atoms with Gasteiger partial charge in [-0.2, -0.15) is 0 Å². The minimum Gasteiger partial charge on any atom is -0.317 e. The second-order valence-corrected chi connectivity index (χ2v) is 7.70. The van der Waals surface area contributed by atoms with E-state index in [1.807, 2.05) is 6.07 Å². The number of amides is 1. The van der Waals surface area contributed by atoms with Gasteiger partial charge >= 0.3 is 0 Å². The fourth-order valence-electron chi connectivity index (χ4n) is 2.95. The van der Waals surface area contributed by atoms with Crippen molar-refractivity contribution in [2.45, 2.75) is 26.3 Å². The van der Waals surface area contributed by atoms with Gasteiger partial charge in [-0.25, -0.2) is 4.98 Å². The number of hydrogen-bond acceptors (Lipinski definition) is 6. The maximum Gasteiger partial charge on any atom is 0.221 e. The number of thiophene rings is 1. The SMILES string of the molecule is CC(=O)Nc1sc2c(c1-c1nc3cnccc3s1)CCNC2C.Cl. The summed E-state index contributed by atoms with van der Waals surface area (Å²) in [5.74, 6) is -0.0479. The number of carbonyl (C=O) groups excluding carboxylic acids is 1. The van der Waals surface area contributed by atoms with Crippen LogP contribution in [0.25, 0.3) is 20.8 Å². The molecule has 1 aliphatic heterocycles. The molecule has 3 aromatic heterocycles. The first-order valence-electron chi connectivity index (χ1n) is 7.51. The van der Waals surface area contributed by atoms with Crippen LogP contribution in [0.4, 0.5) is 5.00 Å². The van der Waals surface area contributed by atoms with Gasteiger partial charge in [0.15, 0.2) is 0 Å². The Labute approximate surface area is 153 Å². The summed E-state index contributed by atoms with van der Waals surface area (Å²) in [6, 6.07) is 2.29. The molecule has 1 aliphatic rings. The van der Waals surface area contributed by atoms with E-state index < -0.39 is 0 Å². The van der Waals surface area contributed by atoms with Crippen LogP contribution in [-0.2, 0) is 11.2 Å². The average molecular weight is 381 g/mol. The average Bonchev–Trinajstić information content (AvgIpc) is 3.07. The molecule has 1 unspecified atom stereocenters. The van der Waals surface area contributed by atoms with Crippen LogP contribution in [0.15, 0.2) is 18.5 Å². The minimum atomic E-state index is -0.0479. The van der Waals surface area contributed by atoms with Crippen molar-refractivity contribution in [1.82, 2.24) is 15.3 Å². The molecule has 4 heterocycles. The number of aromatic nitrogens is 2. The summed E-state index contributed by atoms with van der Waals surface area (Å²) in [6.07, 6.45) is 4.53. The molecule has 24 heavy (non-hydrogen) atoms. The van der Waals surface area contributed by atoms with Crippen LogP contribution in [0, 0.1) is 0 Å². The maximum atomic E-state index is 11.6. The first-order valence-corrected chi connectivity index (χ1v) is 9.14. The molecule has 2 N–H and O–H groups in total. The molecule has 5 nitrogen and oxygen atoms in total. The van der Waals surface area contributed by atoms with Gasteiger partial charge in [0.05, 0.1) is 10.9 Å². The van der Waals surface area contributed by atoms with E-state index in [-0.39, 0.29) is 18.3 Å². The fraction of sp³-hybridized carbons (Fsp3) is 0.312. The lowest BCUT2D eigenvalue weighted by molar-refractivity contribution is -0.114. The van der Waals surface area contributed by atoms with Gasteiger partial charge in [0.1, 0.15) is 15.5 Å². The third kappa shape index (κ3) is 2.93. The van der Waals surface area contributed by atoms with E-state index >= 15 is 0 Å². The van der Waals surface area contributed by atoms with Crippen LogP contribution in [0.3, 0.4) is 0 Å². The Morgan fingerprint density at radius 3 is 3.00 bits per heavy atom. The molecule has 1 amide bonds. The number of pyridine rings is 1. The van der Waals surface area contributed by atoms with E-state index in [9.17, 15) is 4.79 Å². The minimum absolute atomic E-state index is 0. The predicted octanol–water partition coefficient (Wildman–Crippen LogP) is 4.01. The van der Waals surface area contributed by atoms with Crippen LogP contribution in [0.1, 0.15) is 30.3 Å². The summed E-state index contributed by atoms with van der Waals surface area (Å²) in [5, 5.41) is 8.35. The van der Waals surface area contributed by atoms with Gasteiger partial charge in [-0.05, 0) is 31.5 Å².